The van der Waals surface area contributed by atoms with Crippen LogP contribution in [-0.2, 0) is 14.3 Å². The maximum atomic E-state index is 12.5. The van der Waals surface area contributed by atoms with Gasteiger partial charge in [0.25, 0.3) is 0 Å². The van der Waals surface area contributed by atoms with Crippen molar-refractivity contribution in [1.29, 1.82) is 0 Å². The molecule has 2 amide bonds. The fraction of sp³-hybridized carbons (Fsp3) is 0.857. The number of hydrogen-bond acceptors (Lipinski definition) is 4. The van der Waals surface area contributed by atoms with Crippen LogP contribution in [0.5, 0.6) is 0 Å². The summed E-state index contributed by atoms with van der Waals surface area (Å²) < 4.78 is 5.03. The van der Waals surface area contributed by atoms with Crippen molar-refractivity contribution in [3.63, 3.8) is 0 Å². The van der Waals surface area contributed by atoms with E-state index in [1.165, 1.54) is 4.90 Å². The summed E-state index contributed by atoms with van der Waals surface area (Å²) in [4.78, 5) is 27.5. The molecule has 6 heteroatoms. The number of ether oxygens (including phenoxy) is 1. The second-order valence-corrected chi connectivity index (χ2v) is 5.68. The zero-order valence-corrected chi connectivity index (χ0v) is 13.0. The second kappa shape index (κ2) is 8.21. The van der Waals surface area contributed by atoms with Crippen molar-refractivity contribution >= 4 is 11.8 Å². The summed E-state index contributed by atoms with van der Waals surface area (Å²) in [5.74, 6) is 0.473. The number of methoxy groups -OCH3 is 1. The molecule has 0 aliphatic carbocycles. The van der Waals surface area contributed by atoms with Crippen LogP contribution in [0.4, 0.5) is 0 Å². The van der Waals surface area contributed by atoms with E-state index in [0.29, 0.717) is 19.1 Å². The molecule has 0 saturated carbocycles. The minimum absolute atomic E-state index is 0.00352. The third-order valence-corrected chi connectivity index (χ3v) is 3.67. The summed E-state index contributed by atoms with van der Waals surface area (Å²) in [7, 11) is 4.99. The Morgan fingerprint density at radius 2 is 2.05 bits per heavy atom. The molecule has 0 bridgehead atoms. The van der Waals surface area contributed by atoms with E-state index in [-0.39, 0.29) is 24.4 Å². The standard InChI is InChI=1S/C14H27N3O3/c1-11-5-6-15-12(9-11)14(19)17(7-8-20-4)10-13(18)16(2)3/h11-12,15H,5-10H2,1-4H3. The highest BCUT2D eigenvalue weighted by Gasteiger charge is 2.29. The van der Waals surface area contributed by atoms with E-state index in [1.54, 1.807) is 26.1 Å². The van der Waals surface area contributed by atoms with Crippen LogP contribution in [0.1, 0.15) is 19.8 Å². The van der Waals surface area contributed by atoms with Crippen molar-refractivity contribution < 1.29 is 14.3 Å². The van der Waals surface area contributed by atoms with Crippen LogP contribution in [0.15, 0.2) is 0 Å². The number of amides is 2. The van der Waals surface area contributed by atoms with Gasteiger partial charge in [0.15, 0.2) is 0 Å². The van der Waals surface area contributed by atoms with Crippen molar-refractivity contribution in [2.45, 2.75) is 25.8 Å². The van der Waals surface area contributed by atoms with Crippen molar-refractivity contribution in [2.75, 3.05) is 47.4 Å². The number of piperidine rings is 1. The highest BCUT2D eigenvalue weighted by molar-refractivity contribution is 5.87. The predicted molar refractivity (Wildman–Crippen MR) is 77.3 cm³/mol. The number of hydrogen-bond donors (Lipinski definition) is 1. The molecular weight excluding hydrogens is 258 g/mol. The van der Waals surface area contributed by atoms with Gasteiger partial charge in [0, 0.05) is 27.7 Å². The Labute approximate surface area is 121 Å². The van der Waals surface area contributed by atoms with Crippen molar-refractivity contribution in [3.05, 3.63) is 0 Å². The van der Waals surface area contributed by atoms with Crippen LogP contribution >= 0.6 is 0 Å². The van der Waals surface area contributed by atoms with Crippen molar-refractivity contribution in [1.82, 2.24) is 15.1 Å². The van der Waals surface area contributed by atoms with Gasteiger partial charge in [-0.1, -0.05) is 6.92 Å². The Morgan fingerprint density at radius 3 is 2.60 bits per heavy atom. The third-order valence-electron chi connectivity index (χ3n) is 3.67. The summed E-state index contributed by atoms with van der Waals surface area (Å²) >= 11 is 0. The van der Waals surface area contributed by atoms with Gasteiger partial charge >= 0.3 is 0 Å². The topological polar surface area (TPSA) is 61.9 Å². The van der Waals surface area contributed by atoms with Gasteiger partial charge in [0.05, 0.1) is 19.2 Å². The molecule has 1 aliphatic heterocycles. The van der Waals surface area contributed by atoms with E-state index in [0.717, 1.165) is 19.4 Å². The van der Waals surface area contributed by atoms with Gasteiger partial charge in [0.1, 0.15) is 0 Å². The summed E-state index contributed by atoms with van der Waals surface area (Å²) in [5.41, 5.74) is 0. The number of likely N-dealkylation sites (N-methyl/N-ethyl adjacent to an activating group) is 1. The van der Waals surface area contributed by atoms with Gasteiger partial charge in [-0.25, -0.2) is 0 Å². The number of carbonyl (C=O) groups excluding carboxylic acids is 2. The van der Waals surface area contributed by atoms with Gasteiger partial charge < -0.3 is 19.9 Å². The lowest BCUT2D eigenvalue weighted by atomic mass is 9.93. The van der Waals surface area contributed by atoms with E-state index in [2.05, 4.69) is 12.2 Å². The average Bonchev–Trinajstić information content (AvgIpc) is 2.42. The second-order valence-electron chi connectivity index (χ2n) is 5.68. The molecule has 1 fully saturated rings. The Bertz CT molecular complexity index is 334. The molecule has 2 atom stereocenters. The zero-order chi connectivity index (χ0) is 15.1. The van der Waals surface area contributed by atoms with Gasteiger partial charge in [0.2, 0.25) is 11.8 Å². The molecular formula is C14H27N3O3. The molecule has 0 radical (unpaired) electrons. The van der Waals surface area contributed by atoms with E-state index < -0.39 is 0 Å². The quantitative estimate of drug-likeness (QED) is 0.742. The van der Waals surface area contributed by atoms with E-state index in [9.17, 15) is 9.59 Å². The Kier molecular flexibility index (Phi) is 6.95. The van der Waals surface area contributed by atoms with Gasteiger partial charge in [-0.3, -0.25) is 9.59 Å². The highest BCUT2D eigenvalue weighted by atomic mass is 16.5. The van der Waals surface area contributed by atoms with Gasteiger partial charge in [-0.05, 0) is 25.3 Å². The molecule has 2 unspecified atom stereocenters. The first kappa shape index (κ1) is 16.9. The molecule has 6 nitrogen and oxygen atoms in total. The first-order valence-electron chi connectivity index (χ1n) is 7.17. The monoisotopic (exact) mass is 285 g/mol. The van der Waals surface area contributed by atoms with E-state index >= 15 is 0 Å². The third kappa shape index (κ3) is 5.09. The van der Waals surface area contributed by atoms with Crippen LogP contribution in [0.3, 0.4) is 0 Å². The summed E-state index contributed by atoms with van der Waals surface area (Å²) in [5, 5.41) is 3.25. The molecule has 116 valence electrons. The molecule has 1 N–H and O–H groups in total. The molecule has 20 heavy (non-hydrogen) atoms. The van der Waals surface area contributed by atoms with Crippen molar-refractivity contribution in [3.8, 4) is 0 Å². The fourth-order valence-electron chi connectivity index (χ4n) is 2.29. The molecule has 0 aromatic heterocycles. The Morgan fingerprint density at radius 1 is 1.35 bits per heavy atom. The van der Waals surface area contributed by atoms with Crippen LogP contribution in [0.25, 0.3) is 0 Å². The van der Waals surface area contributed by atoms with Crippen molar-refractivity contribution in [2.24, 2.45) is 5.92 Å². The number of carbonyl (C=O) groups is 2. The lowest BCUT2D eigenvalue weighted by molar-refractivity contribution is -0.141. The number of rotatable bonds is 6. The number of nitrogens with one attached hydrogen (secondary N) is 1. The Hall–Kier alpha value is -1.14. The van der Waals surface area contributed by atoms with E-state index in [4.69, 9.17) is 4.74 Å². The van der Waals surface area contributed by atoms with Crippen LogP contribution in [0.2, 0.25) is 0 Å². The minimum Gasteiger partial charge on any atom is -0.383 e. The largest absolute Gasteiger partial charge is 0.383 e. The highest BCUT2D eigenvalue weighted by Crippen LogP contribution is 2.16. The van der Waals surface area contributed by atoms with E-state index in [1.807, 2.05) is 0 Å². The maximum Gasteiger partial charge on any atom is 0.241 e. The molecule has 0 aromatic rings. The summed E-state index contributed by atoms with van der Waals surface area (Å²) in [6, 6.07) is -0.175. The van der Waals surface area contributed by atoms with Crippen LogP contribution in [-0.4, -0.2) is 75.1 Å². The molecule has 1 aliphatic rings. The first-order chi connectivity index (χ1) is 9.45. The first-order valence-corrected chi connectivity index (χ1v) is 7.17. The maximum absolute atomic E-state index is 12.5. The fourth-order valence-corrected chi connectivity index (χ4v) is 2.29. The number of nitrogens with zero attached hydrogens (tertiary/aromatic N) is 2. The normalized spacial score (nSPS) is 22.4. The molecule has 0 spiro atoms. The van der Waals surface area contributed by atoms with Crippen LogP contribution < -0.4 is 5.32 Å². The average molecular weight is 285 g/mol. The van der Waals surface area contributed by atoms with Crippen LogP contribution in [0, 0.1) is 5.92 Å². The van der Waals surface area contributed by atoms with Gasteiger partial charge in [-0.2, -0.15) is 0 Å². The smallest absolute Gasteiger partial charge is 0.241 e. The Balaban J connectivity index is 2.65. The zero-order valence-electron chi connectivity index (χ0n) is 13.0. The summed E-state index contributed by atoms with van der Waals surface area (Å²) in [6.45, 7) is 4.01. The minimum atomic E-state index is -0.175. The van der Waals surface area contributed by atoms with Gasteiger partial charge in [-0.15, -0.1) is 0 Å². The SMILES string of the molecule is COCCN(CC(=O)N(C)C)C(=O)C1CC(C)CCN1. The molecule has 1 heterocycles. The lowest BCUT2D eigenvalue weighted by Crippen LogP contribution is -2.52. The lowest BCUT2D eigenvalue weighted by Gasteiger charge is -2.32. The molecule has 1 rings (SSSR count). The molecule has 1 saturated heterocycles. The predicted octanol–water partition coefficient (Wildman–Crippen LogP) is -0.0623. The summed E-state index contributed by atoms with van der Waals surface area (Å²) in [6.07, 6.45) is 1.93. The molecule has 0 aromatic carbocycles.